The number of esters is 1. The van der Waals surface area contributed by atoms with E-state index in [2.05, 4.69) is 4.74 Å². The Labute approximate surface area is 110 Å². The van der Waals surface area contributed by atoms with Crippen LogP contribution in [0, 0.1) is 5.82 Å². The number of nitrogen functional groups attached to an aromatic ring is 1. The number of halogens is 1. The molecular weight excluding hydrogens is 247 g/mol. The standard InChI is InChI=1S/C14H12FNO2.H3N/c1-18-14(17)12-8-10(4-7-13(12)16)9-2-5-11(15)6-3-9;/h2-8H,16H2,1H3;1H3. The molecule has 100 valence electrons. The Balaban J connectivity index is 0.00000180. The highest BCUT2D eigenvalue weighted by Crippen LogP contribution is 2.24. The van der Waals surface area contributed by atoms with Gasteiger partial charge in [-0.15, -0.1) is 0 Å². The topological polar surface area (TPSA) is 87.3 Å². The van der Waals surface area contributed by atoms with Crippen LogP contribution >= 0.6 is 0 Å². The summed E-state index contributed by atoms with van der Waals surface area (Å²) in [4.78, 5) is 11.5. The van der Waals surface area contributed by atoms with Crippen LogP contribution < -0.4 is 11.9 Å². The highest BCUT2D eigenvalue weighted by atomic mass is 19.1. The summed E-state index contributed by atoms with van der Waals surface area (Å²) in [6.45, 7) is 0. The van der Waals surface area contributed by atoms with Crippen LogP contribution in [-0.2, 0) is 4.74 Å². The Hall–Kier alpha value is -2.40. The molecule has 0 aliphatic rings. The van der Waals surface area contributed by atoms with Gasteiger partial charge in [0.05, 0.1) is 12.7 Å². The molecule has 0 saturated carbocycles. The predicted octanol–water partition coefficient (Wildman–Crippen LogP) is 3.02. The third-order valence-electron chi connectivity index (χ3n) is 2.64. The normalized spacial score (nSPS) is 9.58. The lowest BCUT2D eigenvalue weighted by Crippen LogP contribution is -2.05. The van der Waals surface area contributed by atoms with Crippen LogP contribution in [0.3, 0.4) is 0 Å². The van der Waals surface area contributed by atoms with Crippen LogP contribution in [0.1, 0.15) is 10.4 Å². The van der Waals surface area contributed by atoms with Crippen molar-refractivity contribution in [2.24, 2.45) is 0 Å². The highest BCUT2D eigenvalue weighted by Gasteiger charge is 2.11. The smallest absolute Gasteiger partial charge is 0.339 e. The van der Waals surface area contributed by atoms with E-state index in [1.54, 1.807) is 30.3 Å². The van der Waals surface area contributed by atoms with Crippen molar-refractivity contribution in [3.05, 3.63) is 53.8 Å². The fraction of sp³-hybridized carbons (Fsp3) is 0.0714. The Bertz CT molecular complexity index is 582. The molecule has 0 amide bonds. The molecule has 2 aromatic carbocycles. The van der Waals surface area contributed by atoms with Crippen molar-refractivity contribution in [3.8, 4) is 11.1 Å². The van der Waals surface area contributed by atoms with E-state index in [9.17, 15) is 9.18 Å². The minimum absolute atomic E-state index is 0. The quantitative estimate of drug-likeness (QED) is 0.643. The van der Waals surface area contributed by atoms with Crippen molar-refractivity contribution in [1.82, 2.24) is 6.15 Å². The number of hydrogen-bond acceptors (Lipinski definition) is 4. The zero-order chi connectivity index (χ0) is 13.1. The van der Waals surface area contributed by atoms with Gasteiger partial charge in [0.2, 0.25) is 0 Å². The van der Waals surface area contributed by atoms with Gasteiger partial charge in [-0.2, -0.15) is 0 Å². The summed E-state index contributed by atoms with van der Waals surface area (Å²) >= 11 is 0. The maximum absolute atomic E-state index is 12.8. The van der Waals surface area contributed by atoms with E-state index < -0.39 is 5.97 Å². The number of rotatable bonds is 2. The van der Waals surface area contributed by atoms with Crippen molar-refractivity contribution in [3.63, 3.8) is 0 Å². The number of carbonyl (C=O) groups is 1. The number of ether oxygens (including phenoxy) is 1. The molecule has 19 heavy (non-hydrogen) atoms. The van der Waals surface area contributed by atoms with Crippen LogP contribution in [0.5, 0.6) is 0 Å². The molecule has 0 radical (unpaired) electrons. The third kappa shape index (κ3) is 3.08. The summed E-state index contributed by atoms with van der Waals surface area (Å²) in [5.74, 6) is -0.793. The van der Waals surface area contributed by atoms with Crippen molar-refractivity contribution < 1.29 is 13.9 Å². The summed E-state index contributed by atoms with van der Waals surface area (Å²) in [5, 5.41) is 0. The summed E-state index contributed by atoms with van der Waals surface area (Å²) in [6, 6.07) is 11.0. The zero-order valence-electron chi connectivity index (χ0n) is 10.5. The maximum Gasteiger partial charge on any atom is 0.339 e. The van der Waals surface area contributed by atoms with Gasteiger partial charge in [-0.3, -0.25) is 0 Å². The number of methoxy groups -OCH3 is 1. The van der Waals surface area contributed by atoms with Crippen LogP contribution in [0.2, 0.25) is 0 Å². The number of nitrogens with two attached hydrogens (primary N) is 1. The van der Waals surface area contributed by atoms with Crippen LogP contribution in [0.4, 0.5) is 10.1 Å². The first kappa shape index (κ1) is 14.7. The number of hydrogen-bond donors (Lipinski definition) is 2. The number of carbonyl (C=O) groups excluding carboxylic acids is 1. The van der Waals surface area contributed by atoms with E-state index in [4.69, 9.17) is 5.73 Å². The maximum atomic E-state index is 12.8. The minimum atomic E-state index is -0.489. The SMILES string of the molecule is COC(=O)c1cc(-c2ccc(F)cc2)ccc1N.N. The van der Waals surface area contributed by atoms with Gasteiger partial charge < -0.3 is 16.6 Å². The molecule has 0 spiro atoms. The Kier molecular flexibility index (Phi) is 4.61. The Morgan fingerprint density at radius 2 is 1.68 bits per heavy atom. The van der Waals surface area contributed by atoms with Crippen molar-refractivity contribution in [2.45, 2.75) is 0 Å². The first-order valence-corrected chi connectivity index (χ1v) is 5.35. The van der Waals surface area contributed by atoms with E-state index in [1.165, 1.54) is 19.2 Å². The van der Waals surface area contributed by atoms with E-state index in [0.29, 0.717) is 11.3 Å². The molecule has 0 heterocycles. The molecule has 5 heteroatoms. The fourth-order valence-corrected chi connectivity index (χ4v) is 1.66. The average Bonchev–Trinajstić information content (AvgIpc) is 2.39. The van der Waals surface area contributed by atoms with E-state index in [0.717, 1.165) is 11.1 Å². The predicted molar refractivity (Wildman–Crippen MR) is 72.6 cm³/mol. The Morgan fingerprint density at radius 1 is 1.11 bits per heavy atom. The molecule has 2 rings (SSSR count). The molecule has 0 unspecified atom stereocenters. The monoisotopic (exact) mass is 262 g/mol. The van der Waals surface area contributed by atoms with Gasteiger partial charge in [0.1, 0.15) is 5.82 Å². The lowest BCUT2D eigenvalue weighted by Gasteiger charge is -2.07. The molecule has 0 fully saturated rings. The van der Waals surface area contributed by atoms with Gasteiger partial charge in [-0.05, 0) is 35.4 Å². The third-order valence-corrected chi connectivity index (χ3v) is 2.64. The first-order chi connectivity index (χ1) is 8.61. The van der Waals surface area contributed by atoms with E-state index in [-0.39, 0.29) is 12.0 Å². The van der Waals surface area contributed by atoms with Crippen molar-refractivity contribution in [2.75, 3.05) is 12.8 Å². The van der Waals surface area contributed by atoms with Crippen LogP contribution in [0.25, 0.3) is 11.1 Å². The molecule has 5 N–H and O–H groups in total. The average molecular weight is 262 g/mol. The molecule has 0 atom stereocenters. The lowest BCUT2D eigenvalue weighted by atomic mass is 10.0. The molecule has 2 aromatic rings. The molecule has 0 aliphatic carbocycles. The van der Waals surface area contributed by atoms with Gasteiger partial charge in [-0.1, -0.05) is 18.2 Å². The first-order valence-electron chi connectivity index (χ1n) is 5.35. The van der Waals surface area contributed by atoms with Gasteiger partial charge in [0, 0.05) is 5.69 Å². The second-order valence-corrected chi connectivity index (χ2v) is 3.80. The summed E-state index contributed by atoms with van der Waals surface area (Å²) in [7, 11) is 1.30. The molecule has 0 aliphatic heterocycles. The molecule has 0 bridgehead atoms. The van der Waals surface area contributed by atoms with Gasteiger partial charge >= 0.3 is 5.97 Å². The molecule has 0 aromatic heterocycles. The lowest BCUT2D eigenvalue weighted by molar-refractivity contribution is 0.0602. The van der Waals surface area contributed by atoms with E-state index in [1.807, 2.05) is 0 Å². The zero-order valence-corrected chi connectivity index (χ0v) is 10.5. The fourth-order valence-electron chi connectivity index (χ4n) is 1.66. The van der Waals surface area contributed by atoms with Gasteiger partial charge in [-0.25, -0.2) is 9.18 Å². The molecule has 0 saturated heterocycles. The second kappa shape index (κ2) is 5.97. The number of benzene rings is 2. The van der Waals surface area contributed by atoms with Gasteiger partial charge in [0.15, 0.2) is 0 Å². The molecular formula is C14H15FN2O2. The highest BCUT2D eigenvalue weighted by molar-refractivity contribution is 5.96. The Morgan fingerprint density at radius 3 is 2.26 bits per heavy atom. The van der Waals surface area contributed by atoms with Crippen molar-refractivity contribution in [1.29, 1.82) is 0 Å². The van der Waals surface area contributed by atoms with E-state index >= 15 is 0 Å². The van der Waals surface area contributed by atoms with Crippen LogP contribution in [0.15, 0.2) is 42.5 Å². The summed E-state index contributed by atoms with van der Waals surface area (Å²) < 4.78 is 17.5. The largest absolute Gasteiger partial charge is 0.465 e. The summed E-state index contributed by atoms with van der Waals surface area (Å²) in [6.07, 6.45) is 0. The minimum Gasteiger partial charge on any atom is -0.465 e. The second-order valence-electron chi connectivity index (χ2n) is 3.80. The van der Waals surface area contributed by atoms with Crippen molar-refractivity contribution >= 4 is 11.7 Å². The number of anilines is 1. The van der Waals surface area contributed by atoms with Gasteiger partial charge in [0.25, 0.3) is 0 Å². The van der Waals surface area contributed by atoms with Crippen LogP contribution in [-0.4, -0.2) is 13.1 Å². The summed E-state index contributed by atoms with van der Waals surface area (Å²) in [5.41, 5.74) is 7.96. The molecule has 4 nitrogen and oxygen atoms in total.